The lowest BCUT2D eigenvalue weighted by atomic mass is 10.1. The normalized spacial score (nSPS) is 25.1. The highest BCUT2D eigenvalue weighted by Crippen LogP contribution is 1.99. The van der Waals surface area contributed by atoms with Gasteiger partial charge in [-0.1, -0.05) is 12.0 Å². The van der Waals surface area contributed by atoms with Crippen LogP contribution in [-0.2, 0) is 0 Å². The van der Waals surface area contributed by atoms with Gasteiger partial charge in [-0.3, -0.25) is 4.99 Å². The van der Waals surface area contributed by atoms with Gasteiger partial charge >= 0.3 is 0 Å². The van der Waals surface area contributed by atoms with E-state index in [0.29, 0.717) is 6.54 Å². The van der Waals surface area contributed by atoms with Gasteiger partial charge < -0.3 is 0 Å². The number of nitrogens with zero attached hydrogens (tertiary/aromatic N) is 1. The van der Waals surface area contributed by atoms with Crippen molar-refractivity contribution in [2.45, 2.75) is 0 Å². The Labute approximate surface area is 49.1 Å². The Morgan fingerprint density at radius 3 is 3.00 bits per heavy atom. The molecule has 39 valence electrons. The van der Waals surface area contributed by atoms with Gasteiger partial charge in [0.25, 0.3) is 0 Å². The van der Waals surface area contributed by atoms with Crippen LogP contribution in [0.5, 0.6) is 0 Å². The van der Waals surface area contributed by atoms with Crippen molar-refractivity contribution in [1.29, 1.82) is 0 Å². The van der Waals surface area contributed by atoms with Gasteiger partial charge in [0.1, 0.15) is 0 Å². The smallest absolute Gasteiger partial charge is 0.0592 e. The molecule has 1 atom stereocenters. The maximum atomic E-state index is 6.72. The Hall–Kier alpha value is -1.03. The highest BCUT2D eigenvalue weighted by molar-refractivity contribution is 5.72. The van der Waals surface area contributed by atoms with E-state index >= 15 is 0 Å². The van der Waals surface area contributed by atoms with E-state index in [2.05, 4.69) is 10.9 Å². The monoisotopic (exact) mass is 104 g/mol. The molecule has 0 aliphatic carbocycles. The molecule has 0 saturated heterocycles. The van der Waals surface area contributed by atoms with Crippen LogP contribution in [-0.4, -0.2) is 12.8 Å². The van der Waals surface area contributed by atoms with Gasteiger partial charge in [0.05, 0.1) is 12.5 Å². The fourth-order valence-corrected chi connectivity index (χ4v) is 0.574. The lowest BCUT2D eigenvalue weighted by Crippen LogP contribution is -2.00. The minimum Gasteiger partial charge on any atom is -0.292 e. The van der Waals surface area contributed by atoms with Gasteiger partial charge in [-0.05, 0) is 12.5 Å². The summed E-state index contributed by atoms with van der Waals surface area (Å²) in [5, 5.41) is 0. The summed E-state index contributed by atoms with van der Waals surface area (Å²) in [7, 11) is 0. The third-order valence-electron chi connectivity index (χ3n) is 1.02. The Balaban J connectivity index is 2.55. The number of hydrogen-bond donors (Lipinski definition) is 0. The van der Waals surface area contributed by atoms with Crippen LogP contribution in [0.25, 0.3) is 0 Å². The minimum atomic E-state index is 0.125. The maximum Gasteiger partial charge on any atom is 0.0592 e. The molecule has 0 N–H and O–H groups in total. The van der Waals surface area contributed by atoms with Gasteiger partial charge in [0.2, 0.25) is 0 Å². The zero-order valence-corrected chi connectivity index (χ0v) is 4.46. The summed E-state index contributed by atoms with van der Waals surface area (Å²) in [6.07, 6.45) is 12.2. The second-order valence-corrected chi connectivity index (χ2v) is 1.65. The van der Waals surface area contributed by atoms with Crippen LogP contribution in [0.15, 0.2) is 17.1 Å². The molecule has 0 aromatic heterocycles. The predicted octanol–water partition coefficient (Wildman–Crippen LogP) is 0.833. The third kappa shape index (κ3) is 0.974. The highest BCUT2D eigenvalue weighted by atomic mass is 14.7. The summed E-state index contributed by atoms with van der Waals surface area (Å²) in [4.78, 5) is 3.94. The maximum absolute atomic E-state index is 6.72. The average Bonchev–Trinajstić information content (AvgIpc) is 1.90. The first kappa shape index (κ1) is 5.11. The zero-order valence-electron chi connectivity index (χ0n) is 4.46. The van der Waals surface area contributed by atoms with Crippen molar-refractivity contribution in [2.24, 2.45) is 10.9 Å². The molecule has 1 aliphatic heterocycles. The van der Waals surface area contributed by atoms with Crippen LogP contribution >= 0.6 is 0 Å². The van der Waals surface area contributed by atoms with E-state index in [4.69, 9.17) is 6.42 Å². The van der Waals surface area contributed by atoms with Gasteiger partial charge in [-0.15, -0.1) is 0 Å². The molecule has 1 nitrogen and oxygen atoms in total. The van der Waals surface area contributed by atoms with Crippen molar-refractivity contribution in [3.63, 3.8) is 0 Å². The van der Waals surface area contributed by atoms with Crippen LogP contribution < -0.4 is 0 Å². The molecule has 1 rings (SSSR count). The van der Waals surface area contributed by atoms with Crippen molar-refractivity contribution in [3.8, 4) is 5.92 Å². The van der Waals surface area contributed by atoms with Crippen molar-refractivity contribution in [1.82, 2.24) is 0 Å². The zero-order chi connectivity index (χ0) is 5.82. The Morgan fingerprint density at radius 1 is 1.75 bits per heavy atom. The quantitative estimate of drug-likeness (QED) is 0.404. The second kappa shape index (κ2) is 2.32. The lowest BCUT2D eigenvalue weighted by molar-refractivity contribution is 0.843. The van der Waals surface area contributed by atoms with Crippen LogP contribution in [0.3, 0.4) is 0 Å². The van der Waals surface area contributed by atoms with Crippen LogP contribution in [0.1, 0.15) is 0 Å². The molecule has 1 aliphatic rings. The van der Waals surface area contributed by atoms with Gasteiger partial charge in [0.15, 0.2) is 0 Å². The first-order valence-corrected chi connectivity index (χ1v) is 2.52. The SMILES string of the molecule is [C]#CC1C=CC=NC1. The van der Waals surface area contributed by atoms with Crippen molar-refractivity contribution in [2.75, 3.05) is 6.54 Å². The molecular formula is C7H6N. The molecule has 0 aromatic rings. The fraction of sp³-hybridized carbons (Fsp3) is 0.286. The molecule has 0 spiro atoms. The number of dihydropyridines is 1. The summed E-state index contributed by atoms with van der Waals surface area (Å²) in [6.45, 7) is 0.694. The molecular weight excluding hydrogens is 98.1 g/mol. The molecule has 1 unspecified atom stereocenters. The van der Waals surface area contributed by atoms with Gasteiger partial charge in [-0.25, -0.2) is 0 Å². The van der Waals surface area contributed by atoms with E-state index in [0.717, 1.165) is 0 Å². The topological polar surface area (TPSA) is 12.4 Å². The summed E-state index contributed by atoms with van der Waals surface area (Å²) >= 11 is 0. The largest absolute Gasteiger partial charge is 0.292 e. The molecule has 1 radical (unpaired) electrons. The van der Waals surface area contributed by atoms with Crippen LogP contribution in [0.2, 0.25) is 0 Å². The number of allylic oxidation sites excluding steroid dienone is 1. The van der Waals surface area contributed by atoms with Crippen LogP contribution in [0, 0.1) is 18.3 Å². The van der Waals surface area contributed by atoms with E-state index < -0.39 is 0 Å². The summed E-state index contributed by atoms with van der Waals surface area (Å²) in [5.41, 5.74) is 0. The van der Waals surface area contributed by atoms with E-state index in [9.17, 15) is 0 Å². The van der Waals surface area contributed by atoms with Crippen LogP contribution in [0.4, 0.5) is 0 Å². The molecule has 0 aromatic carbocycles. The molecule has 1 heterocycles. The number of rotatable bonds is 0. The first-order chi connectivity index (χ1) is 3.93. The highest BCUT2D eigenvalue weighted by Gasteiger charge is 1.98. The molecule has 1 heteroatoms. The predicted molar refractivity (Wildman–Crippen MR) is 33.1 cm³/mol. The van der Waals surface area contributed by atoms with E-state index in [1.54, 1.807) is 6.21 Å². The fourth-order valence-electron chi connectivity index (χ4n) is 0.574. The number of aliphatic imine (C=N–C) groups is 1. The van der Waals surface area contributed by atoms with Crippen molar-refractivity contribution < 1.29 is 0 Å². The Bertz CT molecular complexity index is 160. The first-order valence-electron chi connectivity index (χ1n) is 2.52. The number of hydrogen-bond acceptors (Lipinski definition) is 1. The van der Waals surface area contributed by atoms with Gasteiger partial charge in [-0.2, -0.15) is 0 Å². The molecule has 8 heavy (non-hydrogen) atoms. The minimum absolute atomic E-state index is 0.125. The third-order valence-corrected chi connectivity index (χ3v) is 1.02. The lowest BCUT2D eigenvalue weighted by Gasteiger charge is -2.01. The van der Waals surface area contributed by atoms with Gasteiger partial charge in [0, 0.05) is 6.21 Å². The summed E-state index contributed by atoms with van der Waals surface area (Å²) in [5.74, 6) is 2.48. The Kier molecular flexibility index (Phi) is 1.48. The molecule has 0 amide bonds. The summed E-state index contributed by atoms with van der Waals surface area (Å²) in [6, 6.07) is 0. The van der Waals surface area contributed by atoms with E-state index in [1.165, 1.54) is 0 Å². The van der Waals surface area contributed by atoms with Crippen molar-refractivity contribution in [3.05, 3.63) is 18.6 Å². The summed E-state index contributed by atoms with van der Waals surface area (Å²) < 4.78 is 0. The van der Waals surface area contributed by atoms with Crippen molar-refractivity contribution >= 4 is 6.21 Å². The molecule has 0 bridgehead atoms. The standard InChI is InChI=1S/C7H6N/c1-2-7-4-3-5-8-6-7/h3-5,7H,6H2. The Morgan fingerprint density at radius 2 is 2.62 bits per heavy atom. The van der Waals surface area contributed by atoms with E-state index in [1.807, 2.05) is 12.2 Å². The molecule has 0 fully saturated rings. The average molecular weight is 104 g/mol. The van der Waals surface area contributed by atoms with E-state index in [-0.39, 0.29) is 5.92 Å². The molecule has 0 saturated carbocycles. The second-order valence-electron chi connectivity index (χ2n) is 1.65.